The molecule has 90 valence electrons. The second-order valence-electron chi connectivity index (χ2n) is 4.83. The number of ether oxygens (including phenoxy) is 1. The monoisotopic (exact) mass is 216 g/mol. The van der Waals surface area contributed by atoms with Crippen LogP contribution in [0.5, 0.6) is 0 Å². The van der Waals surface area contributed by atoms with Gasteiger partial charge in [0.2, 0.25) is 0 Å². The highest BCUT2D eigenvalue weighted by molar-refractivity contribution is 4.93. The maximum atomic E-state index is 8.83. The Morgan fingerprint density at radius 3 is 2.47 bits per heavy atom. The third-order valence-electron chi connectivity index (χ3n) is 3.19. The molecular formula is C12H24O3. The van der Waals surface area contributed by atoms with Gasteiger partial charge in [0.1, 0.15) is 0 Å². The molecule has 0 bridgehead atoms. The number of rotatable bonds is 9. The molecule has 0 aromatic heterocycles. The lowest BCUT2D eigenvalue weighted by Gasteiger charge is -2.16. The topological polar surface area (TPSA) is 53.0 Å². The second kappa shape index (κ2) is 6.46. The van der Waals surface area contributed by atoms with Gasteiger partial charge in [0, 0.05) is 13.2 Å². The number of unbranched alkanes of at least 4 members (excludes halogenated alkanes) is 2. The van der Waals surface area contributed by atoms with Gasteiger partial charge in [-0.2, -0.15) is 0 Å². The van der Waals surface area contributed by atoms with Crippen LogP contribution in [-0.4, -0.2) is 35.6 Å². The van der Waals surface area contributed by atoms with Gasteiger partial charge in [-0.1, -0.05) is 19.8 Å². The van der Waals surface area contributed by atoms with E-state index in [1.165, 1.54) is 0 Å². The highest BCUT2D eigenvalue weighted by Gasteiger charge is 2.44. The molecule has 1 rings (SSSR count). The molecule has 15 heavy (non-hydrogen) atoms. The molecule has 0 radical (unpaired) electrons. The van der Waals surface area contributed by atoms with Gasteiger partial charge in [0.15, 0.2) is 0 Å². The lowest BCUT2D eigenvalue weighted by molar-refractivity contribution is 0.206. The Labute approximate surface area is 92.4 Å². The molecule has 2 unspecified atom stereocenters. The molecule has 3 heteroatoms. The van der Waals surface area contributed by atoms with Gasteiger partial charge in [-0.25, -0.2) is 0 Å². The summed E-state index contributed by atoms with van der Waals surface area (Å²) in [6.07, 6.45) is 6.21. The van der Waals surface area contributed by atoms with Crippen molar-refractivity contribution in [2.24, 2.45) is 5.92 Å². The van der Waals surface area contributed by atoms with Gasteiger partial charge in [-0.05, 0) is 31.6 Å². The van der Waals surface area contributed by atoms with Crippen LogP contribution in [0.25, 0.3) is 0 Å². The van der Waals surface area contributed by atoms with Crippen LogP contribution in [-0.2, 0) is 4.74 Å². The molecule has 2 N–H and O–H groups in total. The van der Waals surface area contributed by atoms with Crippen LogP contribution in [0.4, 0.5) is 0 Å². The van der Waals surface area contributed by atoms with Crippen molar-refractivity contribution in [1.29, 1.82) is 0 Å². The maximum absolute atomic E-state index is 8.83. The van der Waals surface area contributed by atoms with Crippen molar-refractivity contribution in [3.8, 4) is 0 Å². The van der Waals surface area contributed by atoms with E-state index in [9.17, 15) is 0 Å². The van der Waals surface area contributed by atoms with Crippen molar-refractivity contribution < 1.29 is 14.9 Å². The third-order valence-corrected chi connectivity index (χ3v) is 3.19. The van der Waals surface area contributed by atoms with E-state index in [2.05, 4.69) is 6.92 Å². The fourth-order valence-corrected chi connectivity index (χ4v) is 2.16. The van der Waals surface area contributed by atoms with Crippen molar-refractivity contribution in [2.75, 3.05) is 19.8 Å². The van der Waals surface area contributed by atoms with E-state index in [1.807, 2.05) is 0 Å². The first-order chi connectivity index (χ1) is 7.22. The lowest BCUT2D eigenvalue weighted by atomic mass is 9.90. The minimum absolute atomic E-state index is 0.129. The van der Waals surface area contributed by atoms with E-state index in [4.69, 9.17) is 14.9 Å². The molecule has 1 heterocycles. The molecule has 0 amide bonds. The van der Waals surface area contributed by atoms with Crippen LogP contribution in [0.15, 0.2) is 0 Å². The number of epoxide rings is 1. The Balaban J connectivity index is 2.10. The quantitative estimate of drug-likeness (QED) is 0.456. The minimum Gasteiger partial charge on any atom is -0.396 e. The first-order valence-corrected chi connectivity index (χ1v) is 6.08. The van der Waals surface area contributed by atoms with Gasteiger partial charge < -0.3 is 14.9 Å². The van der Waals surface area contributed by atoms with E-state index < -0.39 is 0 Å². The van der Waals surface area contributed by atoms with Gasteiger partial charge >= 0.3 is 0 Å². The van der Waals surface area contributed by atoms with Crippen LogP contribution in [0.1, 0.15) is 45.4 Å². The third kappa shape index (κ3) is 4.96. The Bertz CT molecular complexity index is 166. The zero-order valence-electron chi connectivity index (χ0n) is 9.74. The summed E-state index contributed by atoms with van der Waals surface area (Å²) in [6, 6.07) is 0. The Kier molecular flexibility index (Phi) is 5.58. The minimum atomic E-state index is 0.129. The highest BCUT2D eigenvalue weighted by Crippen LogP contribution is 2.39. The van der Waals surface area contributed by atoms with Crippen LogP contribution in [0.2, 0.25) is 0 Å². The summed E-state index contributed by atoms with van der Waals surface area (Å²) < 4.78 is 5.55. The number of hydrogen-bond acceptors (Lipinski definition) is 3. The van der Waals surface area contributed by atoms with Gasteiger partial charge in [0.05, 0.1) is 12.2 Å². The predicted octanol–water partition coefficient (Wildman–Crippen LogP) is 1.72. The molecule has 1 saturated heterocycles. The molecule has 0 saturated carbocycles. The smallest absolute Gasteiger partial charge is 0.0919 e. The number of aliphatic hydroxyl groups is 2. The molecule has 0 aromatic rings. The Morgan fingerprint density at radius 2 is 1.93 bits per heavy atom. The molecule has 1 fully saturated rings. The molecule has 0 spiro atoms. The zero-order valence-corrected chi connectivity index (χ0v) is 9.74. The fourth-order valence-electron chi connectivity index (χ4n) is 2.16. The summed E-state index contributed by atoms with van der Waals surface area (Å²) >= 11 is 0. The highest BCUT2D eigenvalue weighted by atomic mass is 16.6. The average Bonchev–Trinajstić information content (AvgIpc) is 2.94. The van der Waals surface area contributed by atoms with Gasteiger partial charge in [-0.15, -0.1) is 0 Å². The normalized spacial score (nSPS) is 26.6. The van der Waals surface area contributed by atoms with Crippen molar-refractivity contribution in [1.82, 2.24) is 0 Å². The maximum Gasteiger partial charge on any atom is 0.0919 e. The van der Waals surface area contributed by atoms with E-state index in [0.29, 0.717) is 12.5 Å². The van der Waals surface area contributed by atoms with Crippen molar-refractivity contribution in [2.45, 2.75) is 51.0 Å². The summed E-state index contributed by atoms with van der Waals surface area (Å²) in [4.78, 5) is 0. The Morgan fingerprint density at radius 1 is 1.20 bits per heavy atom. The SMILES string of the molecule is CC(CCO)CC1(CCCCCO)CO1. The molecule has 0 aliphatic carbocycles. The second-order valence-corrected chi connectivity index (χ2v) is 4.83. The first kappa shape index (κ1) is 12.9. The van der Waals surface area contributed by atoms with E-state index in [1.54, 1.807) is 0 Å². The molecule has 0 aromatic carbocycles. The van der Waals surface area contributed by atoms with Crippen molar-refractivity contribution >= 4 is 0 Å². The van der Waals surface area contributed by atoms with Crippen LogP contribution >= 0.6 is 0 Å². The summed E-state index contributed by atoms with van der Waals surface area (Å²) in [5, 5.41) is 17.5. The van der Waals surface area contributed by atoms with Crippen LogP contribution in [0.3, 0.4) is 0 Å². The van der Waals surface area contributed by atoms with E-state index in [0.717, 1.165) is 45.1 Å². The number of aliphatic hydroxyl groups excluding tert-OH is 2. The standard InChI is InChI=1S/C12H24O3/c1-11(5-8-14)9-12(10-15-12)6-3-2-4-7-13/h11,13-14H,2-10H2,1H3. The van der Waals surface area contributed by atoms with Crippen molar-refractivity contribution in [3.05, 3.63) is 0 Å². The van der Waals surface area contributed by atoms with Crippen LogP contribution < -0.4 is 0 Å². The molecule has 1 aliphatic heterocycles. The van der Waals surface area contributed by atoms with E-state index in [-0.39, 0.29) is 12.2 Å². The average molecular weight is 216 g/mol. The molecule has 3 nitrogen and oxygen atoms in total. The largest absolute Gasteiger partial charge is 0.396 e. The fraction of sp³-hybridized carbons (Fsp3) is 1.00. The molecule has 1 aliphatic rings. The number of hydrogen-bond donors (Lipinski definition) is 2. The Hall–Kier alpha value is -0.120. The first-order valence-electron chi connectivity index (χ1n) is 6.08. The molecular weight excluding hydrogens is 192 g/mol. The zero-order chi connectivity index (χ0) is 11.1. The van der Waals surface area contributed by atoms with Crippen LogP contribution in [0, 0.1) is 5.92 Å². The summed E-state index contributed by atoms with van der Waals surface area (Å²) in [6.45, 7) is 3.64. The lowest BCUT2D eigenvalue weighted by Crippen LogP contribution is -2.16. The summed E-state index contributed by atoms with van der Waals surface area (Å²) in [5.74, 6) is 0.551. The summed E-state index contributed by atoms with van der Waals surface area (Å²) in [5.41, 5.74) is 0.129. The van der Waals surface area contributed by atoms with Crippen molar-refractivity contribution in [3.63, 3.8) is 0 Å². The van der Waals surface area contributed by atoms with E-state index >= 15 is 0 Å². The van der Waals surface area contributed by atoms with Gasteiger partial charge in [-0.3, -0.25) is 0 Å². The molecule has 2 atom stereocenters. The summed E-state index contributed by atoms with van der Waals surface area (Å²) in [7, 11) is 0. The predicted molar refractivity (Wildman–Crippen MR) is 59.7 cm³/mol. The van der Waals surface area contributed by atoms with Gasteiger partial charge in [0.25, 0.3) is 0 Å².